The van der Waals surface area contributed by atoms with Gasteiger partial charge < -0.3 is 9.84 Å². The van der Waals surface area contributed by atoms with Crippen molar-refractivity contribution in [3.05, 3.63) is 0 Å². The molecule has 55 heavy (non-hydrogen) atoms. The summed E-state index contributed by atoms with van der Waals surface area (Å²) in [5.74, 6) is -0.689. The van der Waals surface area contributed by atoms with Crippen molar-refractivity contribution >= 4 is 11.9 Å². The van der Waals surface area contributed by atoms with Crippen LogP contribution in [0.2, 0.25) is 0 Å². The van der Waals surface area contributed by atoms with Gasteiger partial charge in [-0.25, -0.2) is 0 Å². The second-order valence-corrected chi connectivity index (χ2v) is 17.6. The van der Waals surface area contributed by atoms with Gasteiger partial charge in [-0.05, 0) is 33.1 Å². The maximum atomic E-state index is 11.6. The van der Waals surface area contributed by atoms with Crippen LogP contribution in [-0.2, 0) is 14.3 Å². The third-order valence-electron chi connectivity index (χ3n) is 11.5. The summed E-state index contributed by atoms with van der Waals surface area (Å²) >= 11 is 0. The summed E-state index contributed by atoms with van der Waals surface area (Å²) in [5.41, 5.74) is 0. The van der Waals surface area contributed by atoms with E-state index in [1.54, 1.807) is 0 Å². The van der Waals surface area contributed by atoms with Crippen LogP contribution in [0.1, 0.15) is 304 Å². The highest BCUT2D eigenvalue weighted by Crippen LogP contribution is 2.21. The molecule has 0 heterocycles. The number of hydrogen-bond acceptors (Lipinski definition) is 3. The van der Waals surface area contributed by atoms with E-state index in [0.29, 0.717) is 6.42 Å². The van der Waals surface area contributed by atoms with Gasteiger partial charge >= 0.3 is 11.9 Å². The molecular weight excluding hydrogens is 677 g/mol. The minimum Gasteiger partial charge on any atom is -0.481 e. The zero-order valence-corrected chi connectivity index (χ0v) is 38.5. The van der Waals surface area contributed by atoms with Crippen LogP contribution in [0.25, 0.3) is 0 Å². The Hall–Kier alpha value is -1.06. The summed E-state index contributed by atoms with van der Waals surface area (Å²) in [5, 5.41) is 9.54. The van der Waals surface area contributed by atoms with E-state index in [1.165, 1.54) is 231 Å². The number of unbranched alkanes of at least 4 members (excludes halogenated alkanes) is 36. The molecule has 0 aromatic heterocycles. The lowest BCUT2D eigenvalue weighted by Gasteiger charge is -2.12. The van der Waals surface area contributed by atoms with Crippen molar-refractivity contribution in [2.45, 2.75) is 310 Å². The molecule has 4 nitrogen and oxygen atoms in total. The van der Waals surface area contributed by atoms with Gasteiger partial charge in [0.2, 0.25) is 0 Å². The van der Waals surface area contributed by atoms with Gasteiger partial charge in [0, 0.05) is 6.42 Å². The number of aliphatic carboxylic acids is 1. The van der Waals surface area contributed by atoms with E-state index >= 15 is 0 Å². The van der Waals surface area contributed by atoms with E-state index in [0.717, 1.165) is 32.1 Å². The van der Waals surface area contributed by atoms with Crippen LogP contribution < -0.4 is 0 Å². The van der Waals surface area contributed by atoms with Gasteiger partial charge in [-0.2, -0.15) is 0 Å². The molecular formula is C51H102O4. The van der Waals surface area contributed by atoms with Crippen molar-refractivity contribution in [3.63, 3.8) is 0 Å². The van der Waals surface area contributed by atoms with Gasteiger partial charge in [-0.3, -0.25) is 9.59 Å². The second kappa shape index (κ2) is 49.1. The van der Waals surface area contributed by atoms with E-state index in [1.807, 2.05) is 13.8 Å². The zero-order chi connectivity index (χ0) is 40.7. The van der Waals surface area contributed by atoms with Gasteiger partial charge in [0.05, 0.1) is 12.0 Å². The number of esters is 1. The maximum absolute atomic E-state index is 11.6. The summed E-state index contributed by atoms with van der Waals surface area (Å²) in [4.78, 5) is 22.9. The summed E-state index contributed by atoms with van der Waals surface area (Å²) in [6, 6.07) is 0. The molecule has 1 atom stereocenters. The quantitative estimate of drug-likeness (QED) is 0.0494. The third kappa shape index (κ3) is 50.9. The first-order valence-corrected chi connectivity index (χ1v) is 25.3. The highest BCUT2D eigenvalue weighted by atomic mass is 16.5. The van der Waals surface area contributed by atoms with Crippen LogP contribution >= 0.6 is 0 Å². The molecule has 0 bridgehead atoms. The predicted octanol–water partition coefficient (Wildman–Crippen LogP) is 18.1. The molecule has 0 amide bonds. The van der Waals surface area contributed by atoms with Gasteiger partial charge in [0.25, 0.3) is 0 Å². The highest BCUT2D eigenvalue weighted by Gasteiger charge is 2.16. The lowest BCUT2D eigenvalue weighted by atomic mass is 9.94. The summed E-state index contributed by atoms with van der Waals surface area (Å²) in [6.07, 6.45) is 55.0. The number of carboxylic acid groups (broad SMARTS) is 1. The van der Waals surface area contributed by atoms with Crippen LogP contribution in [0, 0.1) is 5.92 Å². The van der Waals surface area contributed by atoms with Gasteiger partial charge in [0.15, 0.2) is 0 Å². The lowest BCUT2D eigenvalue weighted by molar-refractivity contribution is -0.147. The molecule has 0 aliphatic carbocycles. The maximum Gasteiger partial charge on any atom is 0.306 e. The summed E-state index contributed by atoms with van der Waals surface area (Å²) < 4.78 is 5.12. The molecule has 0 radical (unpaired) electrons. The molecule has 0 spiro atoms. The molecule has 1 unspecified atom stereocenters. The second-order valence-electron chi connectivity index (χ2n) is 17.6. The molecule has 0 saturated heterocycles. The van der Waals surface area contributed by atoms with Crippen molar-refractivity contribution in [2.75, 3.05) is 0 Å². The smallest absolute Gasteiger partial charge is 0.306 e. The summed E-state index contributed by atoms with van der Waals surface area (Å²) in [7, 11) is 0. The van der Waals surface area contributed by atoms with E-state index < -0.39 is 5.97 Å². The standard InChI is InChI=1S/C32H64O2.C19H38O2/c1-3-5-7-9-11-13-15-16-17-18-19-20-22-24-26-28-30-31(32(33)34)29-27-25-23-21-14-12-10-8-6-4-2;1-4-5-6-7-8-9-10-11-12-13-14-15-16-17-19(20)21-18(2)3/h31H,3-30H2,1-2H3,(H,33,34);18H,4-17H2,1-3H3. The van der Waals surface area contributed by atoms with Crippen LogP contribution in [-0.4, -0.2) is 23.1 Å². The molecule has 0 aliphatic rings. The number of hydrogen-bond donors (Lipinski definition) is 1. The molecule has 0 rings (SSSR count). The van der Waals surface area contributed by atoms with Crippen LogP contribution in [0.15, 0.2) is 0 Å². The zero-order valence-electron chi connectivity index (χ0n) is 38.5. The Morgan fingerprint density at radius 3 is 0.800 bits per heavy atom. The molecule has 1 N–H and O–H groups in total. The first-order valence-electron chi connectivity index (χ1n) is 25.3. The largest absolute Gasteiger partial charge is 0.481 e. The van der Waals surface area contributed by atoms with E-state index in [9.17, 15) is 14.7 Å². The molecule has 0 fully saturated rings. The molecule has 4 heteroatoms. The minimum atomic E-state index is -0.558. The lowest BCUT2D eigenvalue weighted by Crippen LogP contribution is -2.13. The van der Waals surface area contributed by atoms with Gasteiger partial charge in [-0.15, -0.1) is 0 Å². The number of carboxylic acids is 1. The molecule has 0 aliphatic heterocycles. The third-order valence-corrected chi connectivity index (χ3v) is 11.5. The monoisotopic (exact) mass is 779 g/mol. The average molecular weight is 779 g/mol. The Morgan fingerprint density at radius 1 is 0.364 bits per heavy atom. The number of ether oxygens (including phenoxy) is 1. The van der Waals surface area contributed by atoms with Crippen LogP contribution in [0.4, 0.5) is 0 Å². The number of carbonyl (C=O) groups is 2. The first-order chi connectivity index (χ1) is 26.9. The molecule has 330 valence electrons. The van der Waals surface area contributed by atoms with Crippen molar-refractivity contribution in [3.8, 4) is 0 Å². The van der Waals surface area contributed by atoms with Crippen molar-refractivity contribution < 1.29 is 19.4 Å². The predicted molar refractivity (Wildman–Crippen MR) is 243 cm³/mol. The van der Waals surface area contributed by atoms with Crippen molar-refractivity contribution in [1.82, 2.24) is 0 Å². The Kier molecular flexibility index (Phi) is 50.0. The molecule has 0 saturated carbocycles. The Balaban J connectivity index is 0. The van der Waals surface area contributed by atoms with E-state index in [2.05, 4.69) is 20.8 Å². The van der Waals surface area contributed by atoms with E-state index in [4.69, 9.17) is 4.74 Å². The minimum absolute atomic E-state index is 0.0273. The number of rotatable bonds is 44. The van der Waals surface area contributed by atoms with Gasteiger partial charge in [0.1, 0.15) is 0 Å². The van der Waals surface area contributed by atoms with E-state index in [-0.39, 0.29) is 18.0 Å². The number of carbonyl (C=O) groups excluding carboxylic acids is 1. The Morgan fingerprint density at radius 2 is 0.582 bits per heavy atom. The van der Waals surface area contributed by atoms with Crippen LogP contribution in [0.3, 0.4) is 0 Å². The first kappa shape index (κ1) is 56.0. The Labute approximate surface area is 346 Å². The van der Waals surface area contributed by atoms with Crippen LogP contribution in [0.5, 0.6) is 0 Å². The normalized spacial score (nSPS) is 11.8. The van der Waals surface area contributed by atoms with Gasteiger partial charge in [-0.1, -0.05) is 265 Å². The fraction of sp³-hybridized carbons (Fsp3) is 0.961. The average Bonchev–Trinajstić information content (AvgIpc) is 3.16. The SMILES string of the molecule is CCCCCCCCCCCCCCCC(=O)OC(C)C.CCCCCCCCCCCCCCCCCCC(CCCCCCCCCCCC)C(=O)O. The van der Waals surface area contributed by atoms with Crippen molar-refractivity contribution in [2.24, 2.45) is 5.92 Å². The topological polar surface area (TPSA) is 63.6 Å². The molecule has 0 aromatic carbocycles. The highest BCUT2D eigenvalue weighted by molar-refractivity contribution is 5.70. The summed E-state index contributed by atoms with van der Waals surface area (Å²) in [6.45, 7) is 10.6. The van der Waals surface area contributed by atoms with Crippen molar-refractivity contribution in [1.29, 1.82) is 0 Å². The molecule has 0 aromatic rings. The fourth-order valence-corrected chi connectivity index (χ4v) is 7.82. The Bertz CT molecular complexity index is 734. The fourth-order valence-electron chi connectivity index (χ4n) is 7.82.